The Morgan fingerprint density at radius 1 is 0.886 bits per heavy atom. The highest BCUT2D eigenvalue weighted by Crippen LogP contribution is 2.34. The lowest BCUT2D eigenvalue weighted by Crippen LogP contribution is -2.25. The molecular formula is C27H27N3O4S. The molecule has 3 aromatic rings. The summed E-state index contributed by atoms with van der Waals surface area (Å²) in [5, 5.41) is 3.79. The number of methoxy groups -OCH3 is 3. The van der Waals surface area contributed by atoms with Gasteiger partial charge in [0.25, 0.3) is 0 Å². The third-order valence-electron chi connectivity index (χ3n) is 5.45. The van der Waals surface area contributed by atoms with Crippen LogP contribution >= 0.6 is 11.8 Å². The van der Waals surface area contributed by atoms with Crippen LogP contribution in [0, 0.1) is 0 Å². The van der Waals surface area contributed by atoms with E-state index < -0.39 is 0 Å². The number of hydrogen-bond donors (Lipinski definition) is 1. The average Bonchev–Trinajstić information content (AvgIpc) is 3.09. The maximum absolute atomic E-state index is 12.7. The van der Waals surface area contributed by atoms with Crippen LogP contribution in [-0.2, 0) is 11.3 Å². The molecule has 7 nitrogen and oxygen atoms in total. The third-order valence-corrected chi connectivity index (χ3v) is 6.43. The fourth-order valence-corrected chi connectivity index (χ4v) is 4.48. The number of carbonyl (C=O) groups excluding carboxylic acids is 1. The SMILES string of the molecule is COc1ccc(C2=Nc3ccccc3N=C(SCC(=O)NCc3cccc(OC)c3OC)C2)cc1. The Kier molecular flexibility index (Phi) is 8.05. The minimum Gasteiger partial charge on any atom is -0.497 e. The largest absolute Gasteiger partial charge is 0.497 e. The summed E-state index contributed by atoms with van der Waals surface area (Å²) in [7, 11) is 4.82. The molecule has 3 aromatic carbocycles. The molecule has 0 spiro atoms. The Bertz CT molecular complexity index is 1260. The summed E-state index contributed by atoms with van der Waals surface area (Å²) in [4.78, 5) is 22.4. The van der Waals surface area contributed by atoms with Crippen LogP contribution in [0.1, 0.15) is 17.5 Å². The van der Waals surface area contributed by atoms with Gasteiger partial charge in [0.2, 0.25) is 5.91 Å². The molecule has 180 valence electrons. The molecule has 1 amide bonds. The van der Waals surface area contributed by atoms with Crippen LogP contribution in [0.2, 0.25) is 0 Å². The summed E-state index contributed by atoms with van der Waals surface area (Å²) in [5.74, 6) is 2.18. The van der Waals surface area contributed by atoms with Gasteiger partial charge in [-0.05, 0) is 48.0 Å². The molecule has 1 heterocycles. The maximum atomic E-state index is 12.7. The average molecular weight is 490 g/mol. The van der Waals surface area contributed by atoms with E-state index >= 15 is 0 Å². The van der Waals surface area contributed by atoms with Crippen LogP contribution < -0.4 is 19.5 Å². The van der Waals surface area contributed by atoms with Crippen molar-refractivity contribution in [3.05, 3.63) is 77.9 Å². The van der Waals surface area contributed by atoms with E-state index in [1.54, 1.807) is 21.3 Å². The predicted octanol–water partition coefficient (Wildman–Crippen LogP) is 5.32. The van der Waals surface area contributed by atoms with Gasteiger partial charge in [0.05, 0.1) is 49.2 Å². The number of ether oxygens (including phenoxy) is 3. The molecule has 1 aliphatic rings. The summed E-state index contributed by atoms with van der Waals surface area (Å²) >= 11 is 1.42. The molecule has 1 aliphatic heterocycles. The lowest BCUT2D eigenvalue weighted by atomic mass is 10.1. The van der Waals surface area contributed by atoms with Crippen LogP contribution in [0.25, 0.3) is 0 Å². The van der Waals surface area contributed by atoms with E-state index in [9.17, 15) is 4.79 Å². The van der Waals surface area contributed by atoms with E-state index in [0.717, 1.165) is 39.0 Å². The number of amides is 1. The molecule has 0 unspecified atom stereocenters. The van der Waals surface area contributed by atoms with Crippen LogP contribution in [-0.4, -0.2) is 43.7 Å². The molecule has 0 aliphatic carbocycles. The fraction of sp³-hybridized carbons (Fsp3) is 0.222. The Labute approximate surface area is 209 Å². The normalized spacial score (nSPS) is 12.5. The van der Waals surface area contributed by atoms with Gasteiger partial charge in [0, 0.05) is 18.5 Å². The monoisotopic (exact) mass is 489 g/mol. The third kappa shape index (κ3) is 6.02. The van der Waals surface area contributed by atoms with Gasteiger partial charge >= 0.3 is 0 Å². The summed E-state index contributed by atoms with van der Waals surface area (Å²) in [6.07, 6.45) is 0.530. The van der Waals surface area contributed by atoms with E-state index in [4.69, 9.17) is 24.2 Å². The molecule has 0 radical (unpaired) electrons. The van der Waals surface area contributed by atoms with Gasteiger partial charge in [0.1, 0.15) is 5.75 Å². The van der Waals surface area contributed by atoms with Gasteiger partial charge < -0.3 is 19.5 Å². The summed E-state index contributed by atoms with van der Waals surface area (Å²) in [6, 6.07) is 21.2. The number of fused-ring (bicyclic) bond motifs is 1. The first-order valence-electron chi connectivity index (χ1n) is 11.1. The van der Waals surface area contributed by atoms with Gasteiger partial charge in [-0.1, -0.05) is 24.3 Å². The lowest BCUT2D eigenvalue weighted by Gasteiger charge is -2.13. The Hall–Kier alpha value is -3.78. The molecule has 0 atom stereocenters. The zero-order valence-corrected chi connectivity index (χ0v) is 20.7. The molecule has 0 saturated heterocycles. The van der Waals surface area contributed by atoms with Crippen molar-refractivity contribution in [1.82, 2.24) is 5.32 Å². The van der Waals surface area contributed by atoms with Crippen molar-refractivity contribution in [3.8, 4) is 17.2 Å². The van der Waals surface area contributed by atoms with Crippen LogP contribution in [0.3, 0.4) is 0 Å². The highest BCUT2D eigenvalue weighted by molar-refractivity contribution is 8.14. The van der Waals surface area contributed by atoms with Crippen molar-refractivity contribution in [2.24, 2.45) is 9.98 Å². The second kappa shape index (κ2) is 11.6. The van der Waals surface area contributed by atoms with Crippen molar-refractivity contribution in [2.45, 2.75) is 13.0 Å². The second-order valence-corrected chi connectivity index (χ2v) is 8.72. The highest BCUT2D eigenvalue weighted by Gasteiger charge is 2.17. The van der Waals surface area contributed by atoms with E-state index in [-0.39, 0.29) is 11.7 Å². The number of benzene rings is 3. The molecular weight excluding hydrogens is 462 g/mol. The second-order valence-electron chi connectivity index (χ2n) is 7.68. The molecule has 0 saturated carbocycles. The molecule has 1 N–H and O–H groups in total. The van der Waals surface area contributed by atoms with E-state index in [1.807, 2.05) is 66.7 Å². The zero-order chi connectivity index (χ0) is 24.6. The first-order valence-corrected chi connectivity index (χ1v) is 12.1. The van der Waals surface area contributed by atoms with Crippen molar-refractivity contribution in [1.29, 1.82) is 0 Å². The van der Waals surface area contributed by atoms with Crippen LogP contribution in [0.4, 0.5) is 11.4 Å². The number of carbonyl (C=O) groups is 1. The minimum absolute atomic E-state index is 0.0944. The molecule has 35 heavy (non-hydrogen) atoms. The van der Waals surface area contributed by atoms with Gasteiger partial charge in [0.15, 0.2) is 11.5 Å². The first-order chi connectivity index (χ1) is 17.1. The summed E-state index contributed by atoms with van der Waals surface area (Å²) in [5.41, 5.74) is 4.33. The van der Waals surface area contributed by atoms with Gasteiger partial charge in [-0.25, -0.2) is 4.99 Å². The van der Waals surface area contributed by atoms with Gasteiger partial charge in [-0.2, -0.15) is 0 Å². The van der Waals surface area contributed by atoms with E-state index in [1.165, 1.54) is 11.8 Å². The number of nitrogens with zero attached hydrogens (tertiary/aromatic N) is 2. The number of thioether (sulfide) groups is 1. The smallest absolute Gasteiger partial charge is 0.230 e. The number of rotatable bonds is 8. The molecule has 0 aromatic heterocycles. The van der Waals surface area contributed by atoms with Crippen LogP contribution in [0.15, 0.2) is 76.7 Å². The number of nitrogens with one attached hydrogen (secondary N) is 1. The predicted molar refractivity (Wildman–Crippen MR) is 141 cm³/mol. The number of hydrogen-bond acceptors (Lipinski definition) is 7. The number of aliphatic imine (C=N–C) groups is 2. The number of para-hydroxylation sites is 3. The Morgan fingerprint density at radius 3 is 2.31 bits per heavy atom. The zero-order valence-electron chi connectivity index (χ0n) is 19.9. The first kappa shape index (κ1) is 24.3. The molecule has 4 rings (SSSR count). The van der Waals surface area contributed by atoms with Crippen molar-refractivity contribution in [2.75, 3.05) is 27.1 Å². The highest BCUT2D eigenvalue weighted by atomic mass is 32.2. The molecule has 0 bridgehead atoms. The minimum atomic E-state index is -0.0944. The van der Waals surface area contributed by atoms with E-state index in [0.29, 0.717) is 24.5 Å². The van der Waals surface area contributed by atoms with Crippen molar-refractivity contribution < 1.29 is 19.0 Å². The molecule has 8 heteroatoms. The maximum Gasteiger partial charge on any atom is 0.230 e. The fourth-order valence-electron chi connectivity index (χ4n) is 3.68. The van der Waals surface area contributed by atoms with Gasteiger partial charge in [-0.15, -0.1) is 11.8 Å². The topological polar surface area (TPSA) is 81.5 Å². The van der Waals surface area contributed by atoms with E-state index in [2.05, 4.69) is 5.32 Å². The van der Waals surface area contributed by atoms with Crippen molar-refractivity contribution >= 4 is 39.8 Å². The quantitative estimate of drug-likeness (QED) is 0.463. The molecule has 0 fully saturated rings. The Balaban J connectivity index is 1.45. The van der Waals surface area contributed by atoms with Crippen LogP contribution in [0.5, 0.6) is 17.2 Å². The summed E-state index contributed by atoms with van der Waals surface area (Å²) in [6.45, 7) is 0.341. The van der Waals surface area contributed by atoms with Gasteiger partial charge in [-0.3, -0.25) is 9.79 Å². The lowest BCUT2D eigenvalue weighted by molar-refractivity contribution is -0.118. The summed E-state index contributed by atoms with van der Waals surface area (Å²) < 4.78 is 16.1. The Morgan fingerprint density at radius 2 is 1.63 bits per heavy atom. The standard InChI is InChI=1S/C27H27N3O4S/c1-32-20-13-11-18(12-14-20)23-15-26(30-22-9-5-4-8-21(22)29-23)35-17-25(31)28-16-19-7-6-10-24(33-2)27(19)34-3/h4-14H,15-17H2,1-3H3,(H,28,31). The van der Waals surface area contributed by atoms with Crippen molar-refractivity contribution in [3.63, 3.8) is 0 Å².